The largest absolute Gasteiger partial charge is 0.573 e. The molecule has 2 N–H and O–H groups in total. The molecule has 1 aliphatic carbocycles. The summed E-state index contributed by atoms with van der Waals surface area (Å²) in [5.41, 5.74) is 2.58. The molecule has 3 aromatic rings. The maximum Gasteiger partial charge on any atom is 0.573 e. The molecule has 11 heteroatoms. The highest BCUT2D eigenvalue weighted by Gasteiger charge is 2.31. The third-order valence-electron chi connectivity index (χ3n) is 6.28. The minimum absolute atomic E-state index is 0.152. The van der Waals surface area contributed by atoms with Gasteiger partial charge in [0.05, 0.1) is 12.2 Å². The van der Waals surface area contributed by atoms with Crippen LogP contribution in [0.1, 0.15) is 44.1 Å². The van der Waals surface area contributed by atoms with Crippen LogP contribution in [0.25, 0.3) is 11.3 Å². The molecule has 1 saturated carbocycles. The number of urea groups is 1. The molecule has 0 unspecified atom stereocenters. The SMILES string of the molecule is O=C(NCCCn1c(-c2ccc(OC(F)(F)F)cc2)csc1=NCc1ccc(Cl)cc1)NC1CCCCC1. The zero-order valence-electron chi connectivity index (χ0n) is 20.8. The summed E-state index contributed by atoms with van der Waals surface area (Å²) in [5, 5.41) is 8.57. The van der Waals surface area contributed by atoms with E-state index in [2.05, 4.69) is 15.4 Å². The molecule has 1 heterocycles. The lowest BCUT2D eigenvalue weighted by molar-refractivity contribution is -0.274. The van der Waals surface area contributed by atoms with Gasteiger partial charge < -0.3 is 19.9 Å². The number of nitrogens with one attached hydrogen (secondary N) is 2. The zero-order valence-corrected chi connectivity index (χ0v) is 22.3. The Morgan fingerprint density at radius 1 is 1.08 bits per heavy atom. The monoisotopic (exact) mass is 566 g/mol. The van der Waals surface area contributed by atoms with Crippen molar-refractivity contribution >= 4 is 29.0 Å². The van der Waals surface area contributed by atoms with Gasteiger partial charge in [-0.25, -0.2) is 4.79 Å². The smallest absolute Gasteiger partial charge is 0.406 e. The van der Waals surface area contributed by atoms with Crippen molar-refractivity contribution in [1.82, 2.24) is 15.2 Å². The van der Waals surface area contributed by atoms with Crippen LogP contribution in [0.5, 0.6) is 5.75 Å². The third kappa shape index (κ3) is 8.52. The number of carbonyl (C=O) groups excluding carboxylic acids is 1. The fourth-order valence-corrected chi connectivity index (χ4v) is 5.46. The van der Waals surface area contributed by atoms with Gasteiger partial charge in [0, 0.05) is 29.5 Å². The van der Waals surface area contributed by atoms with Crippen molar-refractivity contribution < 1.29 is 22.7 Å². The van der Waals surface area contributed by atoms with E-state index in [0.717, 1.165) is 47.3 Å². The number of carbonyl (C=O) groups is 1. The number of rotatable bonds is 9. The van der Waals surface area contributed by atoms with Crippen molar-refractivity contribution in [3.8, 4) is 17.0 Å². The first-order valence-electron chi connectivity index (χ1n) is 12.6. The van der Waals surface area contributed by atoms with Crippen molar-refractivity contribution in [1.29, 1.82) is 0 Å². The molecule has 0 radical (unpaired) electrons. The van der Waals surface area contributed by atoms with Crippen LogP contribution >= 0.6 is 22.9 Å². The second-order valence-electron chi connectivity index (χ2n) is 9.16. The highest BCUT2D eigenvalue weighted by molar-refractivity contribution is 7.07. The molecule has 204 valence electrons. The van der Waals surface area contributed by atoms with Crippen molar-refractivity contribution in [2.24, 2.45) is 4.99 Å². The first-order chi connectivity index (χ1) is 18.3. The van der Waals surface area contributed by atoms with Gasteiger partial charge in [0.15, 0.2) is 4.80 Å². The van der Waals surface area contributed by atoms with Crippen molar-refractivity contribution in [3.05, 3.63) is 69.3 Å². The quantitative estimate of drug-likeness (QED) is 0.277. The van der Waals surface area contributed by atoms with Gasteiger partial charge >= 0.3 is 12.4 Å². The predicted octanol–water partition coefficient (Wildman–Crippen LogP) is 6.89. The Balaban J connectivity index is 1.46. The molecule has 0 spiro atoms. The molecular formula is C27H30ClF3N4O2S. The summed E-state index contributed by atoms with van der Waals surface area (Å²) in [7, 11) is 0. The number of hydrogen-bond donors (Lipinski definition) is 2. The minimum Gasteiger partial charge on any atom is -0.406 e. The number of nitrogens with zero attached hydrogens (tertiary/aromatic N) is 2. The van der Waals surface area contributed by atoms with Crippen molar-refractivity contribution in [2.45, 2.75) is 64.0 Å². The Bertz CT molecular complexity index is 1250. The summed E-state index contributed by atoms with van der Waals surface area (Å²) in [6, 6.07) is 13.3. The van der Waals surface area contributed by atoms with Crippen LogP contribution in [0, 0.1) is 0 Å². The molecule has 0 bridgehead atoms. The van der Waals surface area contributed by atoms with E-state index in [4.69, 9.17) is 16.6 Å². The van der Waals surface area contributed by atoms with E-state index in [9.17, 15) is 18.0 Å². The molecule has 2 aromatic carbocycles. The third-order valence-corrected chi connectivity index (χ3v) is 7.43. The topological polar surface area (TPSA) is 67.7 Å². The number of hydrogen-bond acceptors (Lipinski definition) is 4. The molecule has 0 aliphatic heterocycles. The van der Waals surface area contributed by atoms with Gasteiger partial charge in [0.25, 0.3) is 0 Å². The highest BCUT2D eigenvalue weighted by atomic mass is 35.5. The Kier molecular flexibility index (Phi) is 9.74. The van der Waals surface area contributed by atoms with E-state index in [0.29, 0.717) is 31.1 Å². The van der Waals surface area contributed by atoms with Crippen LogP contribution in [-0.2, 0) is 13.1 Å². The van der Waals surface area contributed by atoms with Crippen molar-refractivity contribution in [2.75, 3.05) is 6.54 Å². The van der Waals surface area contributed by atoms with Gasteiger partial charge in [-0.05, 0) is 66.8 Å². The number of amides is 2. The number of halogens is 4. The van der Waals surface area contributed by atoms with Crippen LogP contribution < -0.4 is 20.2 Å². The van der Waals surface area contributed by atoms with Gasteiger partial charge in [0.1, 0.15) is 5.75 Å². The first kappa shape index (κ1) is 28.0. The summed E-state index contributed by atoms with van der Waals surface area (Å²) < 4.78 is 43.7. The fourth-order valence-electron chi connectivity index (χ4n) is 4.40. The molecule has 1 fully saturated rings. The molecule has 0 saturated heterocycles. The second-order valence-corrected chi connectivity index (χ2v) is 10.4. The molecule has 38 heavy (non-hydrogen) atoms. The van der Waals surface area contributed by atoms with E-state index < -0.39 is 6.36 Å². The van der Waals surface area contributed by atoms with Gasteiger partial charge in [-0.15, -0.1) is 24.5 Å². The predicted molar refractivity (Wildman–Crippen MR) is 143 cm³/mol. The first-order valence-corrected chi connectivity index (χ1v) is 13.9. The van der Waals surface area contributed by atoms with E-state index >= 15 is 0 Å². The molecule has 1 aliphatic rings. The van der Waals surface area contributed by atoms with Gasteiger partial charge in [-0.2, -0.15) is 0 Å². The number of benzene rings is 2. The molecule has 1 aromatic heterocycles. The Labute approximate surface area is 228 Å². The summed E-state index contributed by atoms with van der Waals surface area (Å²) in [4.78, 5) is 17.8. The standard InChI is InChI=1S/C27H30ClF3N4O2S/c28-21-11-7-19(8-12-21)17-33-26-35(16-4-15-32-25(36)34-22-5-2-1-3-6-22)24(18-38-26)20-9-13-23(14-10-20)37-27(29,30)31/h7-14,18,22H,1-6,15-17H2,(H2,32,34,36). The lowest BCUT2D eigenvalue weighted by Crippen LogP contribution is -2.43. The Morgan fingerprint density at radius 3 is 2.47 bits per heavy atom. The van der Waals surface area contributed by atoms with Crippen LogP contribution in [0.2, 0.25) is 5.02 Å². The Morgan fingerprint density at radius 2 is 1.79 bits per heavy atom. The number of thiazole rings is 1. The summed E-state index contributed by atoms with van der Waals surface area (Å²) >= 11 is 7.44. The van der Waals surface area contributed by atoms with Crippen LogP contribution in [0.4, 0.5) is 18.0 Å². The van der Waals surface area contributed by atoms with E-state index in [1.807, 2.05) is 34.2 Å². The number of aromatic nitrogens is 1. The van der Waals surface area contributed by atoms with Crippen LogP contribution in [0.15, 0.2) is 58.9 Å². The van der Waals surface area contributed by atoms with Gasteiger partial charge in [-0.3, -0.25) is 4.99 Å². The normalized spacial score (nSPS) is 14.9. The molecule has 0 atom stereocenters. The number of alkyl halides is 3. The van der Waals surface area contributed by atoms with Gasteiger partial charge in [0.2, 0.25) is 0 Å². The maximum atomic E-state index is 12.6. The van der Waals surface area contributed by atoms with E-state index in [-0.39, 0.29) is 17.8 Å². The molecule has 2 amide bonds. The summed E-state index contributed by atoms with van der Waals surface area (Å²) in [5.74, 6) is -0.274. The number of ether oxygens (including phenoxy) is 1. The molecule has 6 nitrogen and oxygen atoms in total. The zero-order chi connectivity index (χ0) is 27.0. The average Bonchev–Trinajstić information content (AvgIpc) is 3.29. The van der Waals surface area contributed by atoms with Gasteiger partial charge in [-0.1, -0.05) is 43.0 Å². The summed E-state index contributed by atoms with van der Waals surface area (Å²) in [6.07, 6.45) is 1.48. The minimum atomic E-state index is -4.74. The second kappa shape index (κ2) is 13.2. The molecular weight excluding hydrogens is 537 g/mol. The van der Waals surface area contributed by atoms with E-state index in [1.165, 1.54) is 29.9 Å². The van der Waals surface area contributed by atoms with E-state index in [1.54, 1.807) is 12.1 Å². The average molecular weight is 567 g/mol. The van der Waals surface area contributed by atoms with Crippen LogP contribution in [0.3, 0.4) is 0 Å². The Hall–Kier alpha value is -2.98. The summed E-state index contributed by atoms with van der Waals surface area (Å²) in [6.45, 7) is 1.51. The molecule has 4 rings (SSSR count). The fraction of sp³-hybridized carbons (Fsp3) is 0.407. The lowest BCUT2D eigenvalue weighted by Gasteiger charge is -2.22. The van der Waals surface area contributed by atoms with Crippen molar-refractivity contribution in [3.63, 3.8) is 0 Å². The lowest BCUT2D eigenvalue weighted by atomic mass is 9.96. The van der Waals surface area contributed by atoms with Crippen LogP contribution in [-0.4, -0.2) is 29.5 Å². The highest BCUT2D eigenvalue weighted by Crippen LogP contribution is 2.27. The maximum absolute atomic E-state index is 12.6.